The van der Waals surface area contributed by atoms with E-state index >= 15 is 0 Å². The van der Waals surface area contributed by atoms with Gasteiger partial charge >= 0.3 is 11.8 Å². The summed E-state index contributed by atoms with van der Waals surface area (Å²) >= 11 is 6.02. The Morgan fingerprint density at radius 3 is 2.53 bits per heavy atom. The molecular weight excluding hydrogens is 490 g/mol. The number of hydrogen-bond acceptors (Lipinski definition) is 7. The Bertz CT molecular complexity index is 1690. The minimum absolute atomic E-state index is 0.0832. The van der Waals surface area contributed by atoms with Crippen LogP contribution in [0.1, 0.15) is 11.5 Å². The highest BCUT2D eigenvalue weighted by Crippen LogP contribution is 2.24. The Kier molecular flexibility index (Phi) is 5.87. The van der Waals surface area contributed by atoms with E-state index in [1.54, 1.807) is 31.3 Å². The van der Waals surface area contributed by atoms with Crippen LogP contribution < -0.4 is 11.2 Å². The number of fused-ring (bicyclic) bond motifs is 2. The SMILES string of the molecule is Cn1c(CCOS(C)(=O)=O)nc2c1c(=O)n(Cc1cc3cc(Cl)ccc3n1C(=O)O)c(=O)n2C. The number of aromatic nitrogens is 5. The molecule has 0 aliphatic rings. The molecule has 0 amide bonds. The van der Waals surface area contributed by atoms with Crippen LogP contribution in [0.25, 0.3) is 22.1 Å². The van der Waals surface area contributed by atoms with Gasteiger partial charge in [-0.3, -0.25) is 18.1 Å². The van der Waals surface area contributed by atoms with E-state index in [1.165, 1.54) is 16.2 Å². The Hall–Kier alpha value is -3.42. The number of carboxylic acid groups (broad SMARTS) is 1. The van der Waals surface area contributed by atoms with Crippen molar-refractivity contribution in [2.75, 3.05) is 12.9 Å². The summed E-state index contributed by atoms with van der Waals surface area (Å²) in [6, 6.07) is 6.25. The number of nitrogens with zero attached hydrogens (tertiary/aromatic N) is 5. The molecule has 1 N–H and O–H groups in total. The highest BCUT2D eigenvalue weighted by Gasteiger charge is 2.21. The molecule has 1 aromatic carbocycles. The van der Waals surface area contributed by atoms with Crippen LogP contribution in [0.5, 0.6) is 0 Å². The number of rotatable bonds is 6. The van der Waals surface area contributed by atoms with Crippen molar-refractivity contribution < 1.29 is 22.5 Å². The summed E-state index contributed by atoms with van der Waals surface area (Å²) in [4.78, 5) is 42.6. The molecule has 4 aromatic rings. The van der Waals surface area contributed by atoms with E-state index in [-0.39, 0.29) is 36.4 Å². The molecule has 0 radical (unpaired) electrons. The average molecular weight is 510 g/mol. The van der Waals surface area contributed by atoms with Crippen LogP contribution in [-0.4, -0.2) is 55.7 Å². The van der Waals surface area contributed by atoms with Gasteiger partial charge in [0.1, 0.15) is 5.82 Å². The quantitative estimate of drug-likeness (QED) is 0.380. The van der Waals surface area contributed by atoms with E-state index < -0.39 is 27.5 Å². The zero-order valence-corrected chi connectivity index (χ0v) is 19.9. The average Bonchev–Trinajstić information content (AvgIpc) is 3.26. The third-order valence-electron chi connectivity index (χ3n) is 5.43. The number of carbonyl (C=O) groups is 1. The first-order valence-electron chi connectivity index (χ1n) is 9.91. The zero-order chi connectivity index (χ0) is 24.9. The summed E-state index contributed by atoms with van der Waals surface area (Å²) in [6.45, 7) is -0.489. The molecule has 0 saturated heterocycles. The number of hydrogen-bond donors (Lipinski definition) is 1. The van der Waals surface area contributed by atoms with E-state index in [2.05, 4.69) is 4.98 Å². The first kappa shape index (κ1) is 23.7. The lowest BCUT2D eigenvalue weighted by molar-refractivity contribution is 0.196. The summed E-state index contributed by atoms with van der Waals surface area (Å²) in [5.41, 5.74) is -0.552. The van der Waals surface area contributed by atoms with Crippen molar-refractivity contribution in [3.63, 3.8) is 0 Å². The van der Waals surface area contributed by atoms with Crippen molar-refractivity contribution in [1.29, 1.82) is 0 Å². The van der Waals surface area contributed by atoms with Crippen LogP contribution >= 0.6 is 11.6 Å². The smallest absolute Gasteiger partial charge is 0.416 e. The lowest BCUT2D eigenvalue weighted by Gasteiger charge is -2.10. The number of benzene rings is 1. The number of aryl methyl sites for hydroxylation is 2. The molecule has 0 saturated carbocycles. The van der Waals surface area contributed by atoms with Crippen molar-refractivity contribution >= 4 is 49.9 Å². The van der Waals surface area contributed by atoms with Crippen LogP contribution in [0.3, 0.4) is 0 Å². The van der Waals surface area contributed by atoms with Crippen LogP contribution in [0.2, 0.25) is 5.02 Å². The predicted molar refractivity (Wildman–Crippen MR) is 124 cm³/mol. The van der Waals surface area contributed by atoms with Crippen molar-refractivity contribution in [3.05, 3.63) is 61.6 Å². The second-order valence-corrected chi connectivity index (χ2v) is 9.81. The molecule has 180 valence electrons. The second-order valence-electron chi connectivity index (χ2n) is 7.73. The van der Waals surface area contributed by atoms with Gasteiger partial charge < -0.3 is 9.67 Å². The maximum atomic E-state index is 13.3. The second kappa shape index (κ2) is 8.42. The van der Waals surface area contributed by atoms with Gasteiger partial charge in [0.05, 0.1) is 30.6 Å². The number of imidazole rings is 1. The van der Waals surface area contributed by atoms with Crippen LogP contribution in [-0.2, 0) is 41.4 Å². The Labute approximate surface area is 197 Å². The minimum atomic E-state index is -3.64. The van der Waals surface area contributed by atoms with Crippen molar-refractivity contribution in [2.24, 2.45) is 14.1 Å². The highest BCUT2D eigenvalue weighted by atomic mass is 35.5. The van der Waals surface area contributed by atoms with E-state index in [4.69, 9.17) is 15.8 Å². The van der Waals surface area contributed by atoms with Crippen LogP contribution in [0.4, 0.5) is 4.79 Å². The van der Waals surface area contributed by atoms with Gasteiger partial charge in [0, 0.05) is 30.9 Å². The van der Waals surface area contributed by atoms with E-state index in [0.29, 0.717) is 21.7 Å². The minimum Gasteiger partial charge on any atom is -0.464 e. The topological polar surface area (TPSA) is 147 Å². The molecule has 0 atom stereocenters. The van der Waals surface area contributed by atoms with Gasteiger partial charge in [0.2, 0.25) is 0 Å². The van der Waals surface area contributed by atoms with E-state index in [1.807, 2.05) is 0 Å². The molecule has 34 heavy (non-hydrogen) atoms. The van der Waals surface area contributed by atoms with Gasteiger partial charge in [-0.15, -0.1) is 0 Å². The third kappa shape index (κ3) is 4.13. The highest BCUT2D eigenvalue weighted by molar-refractivity contribution is 7.85. The van der Waals surface area contributed by atoms with Crippen molar-refractivity contribution in [3.8, 4) is 0 Å². The molecule has 3 heterocycles. The standard InChI is InChI=1S/C20H20ClN5O7S/c1-23-15(6-7-33-34(3,31)32)22-17-16(23)18(27)25(19(28)24(17)2)10-13-9-11-8-12(21)4-5-14(11)26(13)20(29)30/h4-5,8-9H,6-7,10H2,1-3H3,(H,29,30). The molecule has 0 bridgehead atoms. The maximum absolute atomic E-state index is 13.3. The Balaban J connectivity index is 1.84. The summed E-state index contributed by atoms with van der Waals surface area (Å²) < 4.78 is 31.7. The lowest BCUT2D eigenvalue weighted by Crippen LogP contribution is -2.40. The molecule has 3 aromatic heterocycles. The third-order valence-corrected chi connectivity index (χ3v) is 6.26. The fourth-order valence-electron chi connectivity index (χ4n) is 3.88. The van der Waals surface area contributed by atoms with Crippen molar-refractivity contribution in [1.82, 2.24) is 23.3 Å². The monoisotopic (exact) mass is 509 g/mol. The fourth-order valence-corrected chi connectivity index (χ4v) is 4.45. The number of halogens is 1. The molecule has 0 aliphatic heterocycles. The zero-order valence-electron chi connectivity index (χ0n) is 18.3. The summed E-state index contributed by atoms with van der Waals surface area (Å²) in [6.07, 6.45) is -0.263. The van der Waals surface area contributed by atoms with Gasteiger partial charge in [-0.25, -0.2) is 19.1 Å². The molecule has 4 rings (SSSR count). The lowest BCUT2D eigenvalue weighted by atomic mass is 10.2. The molecule has 0 fully saturated rings. The van der Waals surface area contributed by atoms with Gasteiger partial charge in [-0.2, -0.15) is 8.42 Å². The van der Waals surface area contributed by atoms with Gasteiger partial charge in [0.25, 0.3) is 15.7 Å². The molecule has 0 unspecified atom stereocenters. The molecule has 12 nitrogen and oxygen atoms in total. The van der Waals surface area contributed by atoms with E-state index in [0.717, 1.165) is 15.4 Å². The Morgan fingerprint density at radius 2 is 1.88 bits per heavy atom. The van der Waals surface area contributed by atoms with Crippen molar-refractivity contribution in [2.45, 2.75) is 13.0 Å². The van der Waals surface area contributed by atoms with Crippen LogP contribution in [0.15, 0.2) is 33.9 Å². The largest absolute Gasteiger partial charge is 0.464 e. The fraction of sp³-hybridized carbons (Fsp3) is 0.300. The van der Waals surface area contributed by atoms with Crippen LogP contribution in [0, 0.1) is 0 Å². The first-order chi connectivity index (χ1) is 15.9. The summed E-state index contributed by atoms with van der Waals surface area (Å²) in [7, 11) is -0.635. The molecule has 0 aliphatic carbocycles. The predicted octanol–water partition coefficient (Wildman–Crippen LogP) is 1.13. The summed E-state index contributed by atoms with van der Waals surface area (Å²) in [5, 5.41) is 10.7. The summed E-state index contributed by atoms with van der Waals surface area (Å²) in [5.74, 6) is 0.345. The van der Waals surface area contributed by atoms with Gasteiger partial charge in [-0.05, 0) is 24.3 Å². The maximum Gasteiger partial charge on any atom is 0.416 e. The molecule has 14 heteroatoms. The van der Waals surface area contributed by atoms with Gasteiger partial charge in [0.15, 0.2) is 11.2 Å². The first-order valence-corrected chi connectivity index (χ1v) is 12.1. The normalized spacial score (nSPS) is 12.1. The molecule has 0 spiro atoms. The van der Waals surface area contributed by atoms with Gasteiger partial charge in [-0.1, -0.05) is 11.6 Å². The Morgan fingerprint density at radius 1 is 1.18 bits per heavy atom. The van der Waals surface area contributed by atoms with E-state index in [9.17, 15) is 27.9 Å². The molecular formula is C20H20ClN5O7S.